The lowest BCUT2D eigenvalue weighted by Gasteiger charge is -2.29. The minimum atomic E-state index is 0.300. The molecule has 10 rings (SSSR count). The Kier molecular flexibility index (Phi) is 8.59. The molecule has 9 aromatic rings. The summed E-state index contributed by atoms with van der Waals surface area (Å²) in [4.78, 5) is 2.36. The highest BCUT2D eigenvalue weighted by atomic mass is 15.1. The number of fused-ring (bicyclic) bond motifs is 3. The Morgan fingerprint density at radius 3 is 1.80 bits per heavy atom. The number of hydrogen-bond donors (Lipinski definition) is 0. The van der Waals surface area contributed by atoms with Crippen LogP contribution in [0.2, 0.25) is 0 Å². The largest absolute Gasteiger partial charge is 0.311 e. The Balaban J connectivity index is 0.926. The van der Waals surface area contributed by atoms with E-state index in [9.17, 15) is 0 Å². The molecular formula is C54H38N2. The van der Waals surface area contributed by atoms with E-state index in [4.69, 9.17) is 0 Å². The van der Waals surface area contributed by atoms with Gasteiger partial charge in [-0.05, 0) is 113 Å². The third-order valence-corrected chi connectivity index (χ3v) is 11.0. The zero-order valence-electron chi connectivity index (χ0n) is 30.9. The highest BCUT2D eigenvalue weighted by Gasteiger charge is 2.19. The molecule has 0 aliphatic heterocycles. The average Bonchev–Trinajstić information content (AvgIpc) is 3.62. The Bertz CT molecular complexity index is 2750. The summed E-state index contributed by atoms with van der Waals surface area (Å²) < 4.78 is 2.37. The van der Waals surface area contributed by atoms with Crippen LogP contribution in [0.15, 0.2) is 218 Å². The second-order valence-electron chi connectivity index (χ2n) is 14.4. The molecule has 2 heteroatoms. The minimum Gasteiger partial charge on any atom is -0.311 e. The molecule has 0 N–H and O–H groups in total. The van der Waals surface area contributed by atoms with Gasteiger partial charge in [0.05, 0.1) is 11.0 Å². The van der Waals surface area contributed by atoms with Gasteiger partial charge < -0.3 is 9.47 Å². The van der Waals surface area contributed by atoms with Crippen LogP contribution in [0, 0.1) is 12.1 Å². The molecule has 0 bridgehead atoms. The molecule has 1 aliphatic carbocycles. The van der Waals surface area contributed by atoms with Crippen LogP contribution in [0.3, 0.4) is 0 Å². The van der Waals surface area contributed by atoms with Crippen molar-refractivity contribution in [2.45, 2.75) is 12.3 Å². The van der Waals surface area contributed by atoms with Crippen molar-refractivity contribution in [1.82, 2.24) is 4.57 Å². The summed E-state index contributed by atoms with van der Waals surface area (Å²) in [5.41, 5.74) is 15.4. The zero-order chi connectivity index (χ0) is 37.3. The van der Waals surface area contributed by atoms with Crippen molar-refractivity contribution in [3.63, 3.8) is 0 Å². The first kappa shape index (κ1) is 33.2. The van der Waals surface area contributed by atoms with Crippen LogP contribution in [0.1, 0.15) is 17.9 Å². The molecule has 264 valence electrons. The minimum absolute atomic E-state index is 0.300. The Hall–Kier alpha value is -7.34. The van der Waals surface area contributed by atoms with Crippen molar-refractivity contribution >= 4 is 33.2 Å². The van der Waals surface area contributed by atoms with Crippen LogP contribution in [-0.4, -0.2) is 4.57 Å². The lowest BCUT2D eigenvalue weighted by atomic mass is 9.90. The molecule has 0 radical (unpaired) electrons. The zero-order valence-corrected chi connectivity index (χ0v) is 30.9. The Morgan fingerprint density at radius 1 is 0.500 bits per heavy atom. The lowest BCUT2D eigenvalue weighted by molar-refractivity contribution is 0.840. The number of nitrogens with zero attached hydrogens (tertiary/aromatic N) is 2. The first-order valence-corrected chi connectivity index (χ1v) is 19.3. The van der Waals surface area contributed by atoms with E-state index >= 15 is 0 Å². The van der Waals surface area contributed by atoms with E-state index in [1.54, 1.807) is 0 Å². The lowest BCUT2D eigenvalue weighted by Crippen LogP contribution is -2.17. The van der Waals surface area contributed by atoms with Gasteiger partial charge in [0.15, 0.2) is 0 Å². The quantitative estimate of drug-likeness (QED) is 0.152. The smallest absolute Gasteiger partial charge is 0.0541 e. The number of para-hydroxylation sites is 2. The number of rotatable bonds is 8. The second-order valence-corrected chi connectivity index (χ2v) is 14.4. The van der Waals surface area contributed by atoms with E-state index in [0.717, 1.165) is 28.9 Å². The van der Waals surface area contributed by atoms with Crippen molar-refractivity contribution < 1.29 is 0 Å². The highest BCUT2D eigenvalue weighted by molar-refractivity contribution is 6.10. The van der Waals surface area contributed by atoms with Crippen molar-refractivity contribution in [2.75, 3.05) is 4.90 Å². The maximum absolute atomic E-state index is 3.24. The van der Waals surface area contributed by atoms with Gasteiger partial charge in [0.2, 0.25) is 0 Å². The second kappa shape index (κ2) is 14.5. The third kappa shape index (κ3) is 6.26. The highest BCUT2D eigenvalue weighted by Crippen LogP contribution is 2.39. The number of allylic oxidation sites excluding steroid dienone is 3. The van der Waals surface area contributed by atoms with Gasteiger partial charge in [-0.2, -0.15) is 0 Å². The van der Waals surface area contributed by atoms with Gasteiger partial charge in [-0.3, -0.25) is 0 Å². The molecule has 1 aromatic heterocycles. The molecule has 1 atom stereocenters. The van der Waals surface area contributed by atoms with E-state index in [0.29, 0.717) is 5.92 Å². The summed E-state index contributed by atoms with van der Waals surface area (Å²) in [5.74, 6) is 0.300. The summed E-state index contributed by atoms with van der Waals surface area (Å²) in [6, 6.07) is 75.9. The fraction of sp³-hybridized carbons (Fsp3) is 0.0370. The summed E-state index contributed by atoms with van der Waals surface area (Å²) >= 11 is 0. The van der Waals surface area contributed by atoms with Crippen LogP contribution >= 0.6 is 0 Å². The number of benzene rings is 7. The van der Waals surface area contributed by atoms with Crippen molar-refractivity contribution in [1.29, 1.82) is 0 Å². The van der Waals surface area contributed by atoms with Gasteiger partial charge in [-0.15, -0.1) is 0 Å². The maximum atomic E-state index is 3.24. The summed E-state index contributed by atoms with van der Waals surface area (Å²) in [6.07, 6.45) is 7.95. The maximum Gasteiger partial charge on any atom is 0.0541 e. The fourth-order valence-corrected chi connectivity index (χ4v) is 8.15. The standard InChI is InChI=1S/C54H38N2/c1-4-12-39(13-5-1)42-24-31-48(32-25-42)55(49-33-26-43(27-34-49)40-14-6-2-7-15-40)50-35-28-44(29-36-50)41-20-22-45(23-21-41)46-30-37-54-52(38-46)51-18-10-11-19-53(51)56(54)47-16-8-3-9-17-47/h1-6,8-14,16-28,30-38,44H,29H2. The monoisotopic (exact) mass is 714 g/mol. The van der Waals surface area contributed by atoms with Gasteiger partial charge >= 0.3 is 0 Å². The van der Waals surface area contributed by atoms with Crippen LogP contribution < -0.4 is 4.90 Å². The number of anilines is 2. The molecular weight excluding hydrogens is 677 g/mol. The van der Waals surface area contributed by atoms with Gasteiger partial charge in [0.1, 0.15) is 0 Å². The molecule has 1 aliphatic rings. The fourth-order valence-electron chi connectivity index (χ4n) is 8.15. The van der Waals surface area contributed by atoms with Gasteiger partial charge in [-0.25, -0.2) is 0 Å². The van der Waals surface area contributed by atoms with E-state index in [1.807, 2.05) is 12.1 Å². The van der Waals surface area contributed by atoms with Gasteiger partial charge in [0.25, 0.3) is 0 Å². The number of hydrogen-bond acceptors (Lipinski definition) is 1. The predicted octanol–water partition coefficient (Wildman–Crippen LogP) is 14.2. The normalized spacial score (nSPS) is 13.7. The van der Waals surface area contributed by atoms with Crippen molar-refractivity contribution in [2.24, 2.45) is 0 Å². The molecule has 0 saturated carbocycles. The SMILES string of the molecule is c1cccc(-c2ccc(N(C3=CCC(c4ccc(-c5ccc6c(c5)c5ccccc5n6-c5ccccc5)cc4)C=C3)c3ccc(-c4ccccc4)cc3)cc2)c#1. The van der Waals surface area contributed by atoms with Crippen molar-refractivity contribution in [3.05, 3.63) is 236 Å². The first-order chi connectivity index (χ1) is 27.8. The molecule has 56 heavy (non-hydrogen) atoms. The third-order valence-electron chi connectivity index (χ3n) is 11.0. The summed E-state index contributed by atoms with van der Waals surface area (Å²) in [7, 11) is 0. The van der Waals surface area contributed by atoms with Gasteiger partial charge in [-0.1, -0.05) is 152 Å². The van der Waals surface area contributed by atoms with Crippen LogP contribution in [-0.2, 0) is 0 Å². The molecule has 2 nitrogen and oxygen atoms in total. The van der Waals surface area contributed by atoms with E-state index < -0.39 is 0 Å². The number of aromatic nitrogens is 1. The molecule has 0 fully saturated rings. The van der Waals surface area contributed by atoms with Crippen LogP contribution in [0.5, 0.6) is 0 Å². The summed E-state index contributed by atoms with van der Waals surface area (Å²) in [5, 5.41) is 2.54. The Labute approximate surface area is 328 Å². The van der Waals surface area contributed by atoms with E-state index in [-0.39, 0.29) is 0 Å². The molecule has 8 aromatic carbocycles. The predicted molar refractivity (Wildman–Crippen MR) is 234 cm³/mol. The molecule has 0 amide bonds. The molecule has 1 heterocycles. The molecule has 0 spiro atoms. The van der Waals surface area contributed by atoms with Gasteiger partial charge in [0, 0.05) is 45.0 Å². The topological polar surface area (TPSA) is 8.17 Å². The summed E-state index contributed by atoms with van der Waals surface area (Å²) in [6.45, 7) is 0. The first-order valence-electron chi connectivity index (χ1n) is 19.3. The van der Waals surface area contributed by atoms with Crippen LogP contribution in [0.4, 0.5) is 11.4 Å². The van der Waals surface area contributed by atoms with E-state index in [1.165, 1.54) is 61.0 Å². The average molecular weight is 715 g/mol. The van der Waals surface area contributed by atoms with Crippen LogP contribution in [0.25, 0.3) is 60.9 Å². The van der Waals surface area contributed by atoms with E-state index in [2.05, 4.69) is 222 Å². The van der Waals surface area contributed by atoms with Crippen molar-refractivity contribution in [3.8, 4) is 39.1 Å². The Morgan fingerprint density at radius 2 is 1.11 bits per heavy atom. The molecule has 1 unspecified atom stereocenters. The molecule has 0 saturated heterocycles.